The van der Waals surface area contributed by atoms with Gasteiger partial charge < -0.3 is 5.32 Å². The lowest BCUT2D eigenvalue weighted by atomic mass is 9.97. The van der Waals surface area contributed by atoms with Gasteiger partial charge in [0.1, 0.15) is 4.21 Å². The minimum Gasteiger partial charge on any atom is -0.352 e. The molecule has 2 aromatic rings. The third-order valence-corrected chi connectivity index (χ3v) is 7.73. The third kappa shape index (κ3) is 4.29. The van der Waals surface area contributed by atoms with Crippen molar-refractivity contribution in [3.63, 3.8) is 0 Å². The van der Waals surface area contributed by atoms with E-state index in [4.69, 9.17) is 0 Å². The monoisotopic (exact) mass is 378 g/mol. The number of thiophene rings is 1. The van der Waals surface area contributed by atoms with E-state index in [1.54, 1.807) is 17.5 Å². The zero-order valence-corrected chi connectivity index (χ0v) is 15.8. The van der Waals surface area contributed by atoms with E-state index in [0.29, 0.717) is 36.7 Å². The SMILES string of the molecule is Cc1cccc(CNC(=O)C2CCN(S(=O)(=O)c3cccs3)CC2)c1. The van der Waals surface area contributed by atoms with Crippen molar-refractivity contribution >= 4 is 27.3 Å². The summed E-state index contributed by atoms with van der Waals surface area (Å²) in [6.07, 6.45) is 1.12. The second-order valence-electron chi connectivity index (χ2n) is 6.32. The highest BCUT2D eigenvalue weighted by molar-refractivity contribution is 7.91. The first-order valence-electron chi connectivity index (χ1n) is 8.34. The molecule has 1 aliphatic heterocycles. The van der Waals surface area contributed by atoms with E-state index in [1.165, 1.54) is 21.2 Å². The summed E-state index contributed by atoms with van der Waals surface area (Å²) < 4.78 is 26.9. The lowest BCUT2D eigenvalue weighted by molar-refractivity contribution is -0.126. The minimum absolute atomic E-state index is 0.00896. The second kappa shape index (κ2) is 7.68. The molecular formula is C18H22N2O3S2. The van der Waals surface area contributed by atoms with Crippen LogP contribution in [0, 0.1) is 12.8 Å². The Morgan fingerprint density at radius 2 is 2.00 bits per heavy atom. The van der Waals surface area contributed by atoms with Crippen LogP contribution in [-0.2, 0) is 21.4 Å². The number of nitrogens with one attached hydrogen (secondary N) is 1. The molecule has 0 saturated carbocycles. The van der Waals surface area contributed by atoms with Crippen LogP contribution < -0.4 is 5.32 Å². The number of nitrogens with zero attached hydrogens (tertiary/aromatic N) is 1. The van der Waals surface area contributed by atoms with Gasteiger partial charge in [-0.15, -0.1) is 11.3 Å². The maximum atomic E-state index is 12.5. The van der Waals surface area contributed by atoms with Crippen LogP contribution in [-0.4, -0.2) is 31.7 Å². The van der Waals surface area contributed by atoms with Gasteiger partial charge in [-0.1, -0.05) is 35.9 Å². The summed E-state index contributed by atoms with van der Waals surface area (Å²) in [4.78, 5) is 12.4. The molecule has 2 heterocycles. The predicted molar refractivity (Wildman–Crippen MR) is 98.8 cm³/mol. The Labute approximate surface area is 152 Å². The summed E-state index contributed by atoms with van der Waals surface area (Å²) in [5, 5.41) is 4.73. The number of amides is 1. The van der Waals surface area contributed by atoms with E-state index >= 15 is 0 Å². The summed E-state index contributed by atoms with van der Waals surface area (Å²) in [5.41, 5.74) is 2.24. The van der Waals surface area contributed by atoms with Gasteiger partial charge in [0.25, 0.3) is 10.0 Å². The van der Waals surface area contributed by atoms with Crippen molar-refractivity contribution < 1.29 is 13.2 Å². The highest BCUT2D eigenvalue weighted by Gasteiger charge is 2.32. The van der Waals surface area contributed by atoms with Crippen molar-refractivity contribution in [3.05, 3.63) is 52.9 Å². The van der Waals surface area contributed by atoms with E-state index in [-0.39, 0.29) is 11.8 Å². The molecule has 7 heteroatoms. The summed E-state index contributed by atoms with van der Waals surface area (Å²) in [6.45, 7) is 3.31. The molecule has 3 rings (SSSR count). The van der Waals surface area contributed by atoms with Crippen LogP contribution in [0.5, 0.6) is 0 Å². The van der Waals surface area contributed by atoms with Crippen molar-refractivity contribution in [1.82, 2.24) is 9.62 Å². The first kappa shape index (κ1) is 18.1. The van der Waals surface area contributed by atoms with E-state index in [9.17, 15) is 13.2 Å². The van der Waals surface area contributed by atoms with E-state index in [1.807, 2.05) is 25.1 Å². The van der Waals surface area contributed by atoms with Crippen molar-refractivity contribution in [1.29, 1.82) is 0 Å². The number of aryl methyl sites for hydroxylation is 1. The predicted octanol–water partition coefficient (Wildman–Crippen LogP) is 2.77. The molecule has 5 nitrogen and oxygen atoms in total. The van der Waals surface area contributed by atoms with Gasteiger partial charge >= 0.3 is 0 Å². The lowest BCUT2D eigenvalue weighted by Gasteiger charge is -2.30. The number of rotatable bonds is 5. The van der Waals surface area contributed by atoms with Gasteiger partial charge in [0.2, 0.25) is 5.91 Å². The van der Waals surface area contributed by atoms with Gasteiger partial charge in [-0.2, -0.15) is 4.31 Å². The number of hydrogen-bond acceptors (Lipinski definition) is 4. The first-order chi connectivity index (χ1) is 12.0. The van der Waals surface area contributed by atoms with Crippen LogP contribution in [0.4, 0.5) is 0 Å². The number of carbonyl (C=O) groups is 1. The Balaban J connectivity index is 1.52. The Bertz CT molecular complexity index is 824. The molecule has 0 atom stereocenters. The molecule has 1 saturated heterocycles. The molecule has 25 heavy (non-hydrogen) atoms. The normalized spacial score (nSPS) is 16.7. The van der Waals surface area contributed by atoms with Gasteiger partial charge in [0.05, 0.1) is 0 Å². The average Bonchev–Trinajstić information content (AvgIpc) is 3.15. The second-order valence-corrected chi connectivity index (χ2v) is 9.43. The van der Waals surface area contributed by atoms with E-state index in [2.05, 4.69) is 11.4 Å². The molecule has 134 valence electrons. The van der Waals surface area contributed by atoms with Crippen LogP contribution >= 0.6 is 11.3 Å². The van der Waals surface area contributed by atoms with Crippen LogP contribution in [0.3, 0.4) is 0 Å². The van der Waals surface area contributed by atoms with E-state index in [0.717, 1.165) is 5.56 Å². The van der Waals surface area contributed by atoms with Crippen LogP contribution in [0.15, 0.2) is 46.0 Å². The molecule has 1 fully saturated rings. The van der Waals surface area contributed by atoms with Crippen LogP contribution in [0.25, 0.3) is 0 Å². The Morgan fingerprint density at radius 3 is 2.64 bits per heavy atom. The Kier molecular flexibility index (Phi) is 5.56. The minimum atomic E-state index is -3.41. The van der Waals surface area contributed by atoms with Crippen LogP contribution in [0.1, 0.15) is 24.0 Å². The summed E-state index contributed by atoms with van der Waals surface area (Å²) >= 11 is 1.23. The molecule has 1 aromatic heterocycles. The van der Waals surface area contributed by atoms with Gasteiger partial charge in [-0.05, 0) is 36.8 Å². The maximum Gasteiger partial charge on any atom is 0.252 e. The Morgan fingerprint density at radius 1 is 1.24 bits per heavy atom. The molecule has 1 N–H and O–H groups in total. The van der Waals surface area contributed by atoms with Crippen molar-refractivity contribution in [2.75, 3.05) is 13.1 Å². The lowest BCUT2D eigenvalue weighted by Crippen LogP contribution is -2.42. The third-order valence-electron chi connectivity index (χ3n) is 4.46. The number of benzene rings is 1. The molecule has 1 aliphatic rings. The Hall–Kier alpha value is -1.70. The highest BCUT2D eigenvalue weighted by Crippen LogP contribution is 2.26. The van der Waals surface area contributed by atoms with Crippen molar-refractivity contribution in [3.8, 4) is 0 Å². The average molecular weight is 379 g/mol. The molecule has 0 radical (unpaired) electrons. The number of carbonyl (C=O) groups excluding carboxylic acids is 1. The zero-order chi connectivity index (χ0) is 17.9. The van der Waals surface area contributed by atoms with Gasteiger partial charge in [-0.25, -0.2) is 8.42 Å². The van der Waals surface area contributed by atoms with Crippen LogP contribution in [0.2, 0.25) is 0 Å². The van der Waals surface area contributed by atoms with Crippen molar-refractivity contribution in [2.24, 2.45) is 5.92 Å². The molecule has 0 spiro atoms. The highest BCUT2D eigenvalue weighted by atomic mass is 32.2. The van der Waals surface area contributed by atoms with Gasteiger partial charge in [0.15, 0.2) is 0 Å². The molecule has 0 aliphatic carbocycles. The van der Waals surface area contributed by atoms with E-state index < -0.39 is 10.0 Å². The van der Waals surface area contributed by atoms with Gasteiger partial charge in [-0.3, -0.25) is 4.79 Å². The number of piperidine rings is 1. The fraction of sp³-hybridized carbons (Fsp3) is 0.389. The first-order valence-corrected chi connectivity index (χ1v) is 10.7. The fourth-order valence-corrected chi connectivity index (χ4v) is 5.67. The fourth-order valence-electron chi connectivity index (χ4n) is 3.05. The zero-order valence-electron chi connectivity index (χ0n) is 14.1. The summed E-state index contributed by atoms with van der Waals surface area (Å²) in [5.74, 6) is -0.116. The molecular weight excluding hydrogens is 356 g/mol. The molecule has 0 unspecified atom stereocenters. The number of sulfonamides is 1. The standard InChI is InChI=1S/C18H22N2O3S2/c1-14-4-2-5-15(12-14)13-19-18(21)16-7-9-20(10-8-16)25(22,23)17-6-3-11-24-17/h2-6,11-12,16H,7-10,13H2,1H3,(H,19,21). The quantitative estimate of drug-likeness (QED) is 0.870. The smallest absolute Gasteiger partial charge is 0.252 e. The molecule has 1 aromatic carbocycles. The summed E-state index contributed by atoms with van der Waals surface area (Å²) in [7, 11) is -3.41. The largest absolute Gasteiger partial charge is 0.352 e. The maximum absolute atomic E-state index is 12.5. The van der Waals surface area contributed by atoms with Gasteiger partial charge in [0, 0.05) is 25.6 Å². The molecule has 0 bridgehead atoms. The van der Waals surface area contributed by atoms with Crippen molar-refractivity contribution in [2.45, 2.75) is 30.5 Å². The summed E-state index contributed by atoms with van der Waals surface area (Å²) in [6, 6.07) is 11.4. The topological polar surface area (TPSA) is 66.5 Å². The number of hydrogen-bond donors (Lipinski definition) is 1. The molecule has 1 amide bonds.